The van der Waals surface area contributed by atoms with Gasteiger partial charge < -0.3 is 10.2 Å². The molecule has 1 aromatic carbocycles. The summed E-state index contributed by atoms with van der Waals surface area (Å²) < 4.78 is 5.30. The largest absolute Gasteiger partial charge is 0.467 e. The lowest BCUT2D eigenvalue weighted by Gasteiger charge is -2.09. The van der Waals surface area contributed by atoms with Crippen LogP contribution in [-0.4, -0.2) is 9.97 Å². The third kappa shape index (κ3) is 1.79. The standard InChI is InChI=1S/C13H11N3O/c14-13(12-2-1-7-17-12)9-3-4-10-11(8-9)16-6-5-15-10/h1-8,13H,14H2. The molecule has 0 radical (unpaired) electrons. The first-order valence-electron chi connectivity index (χ1n) is 5.34. The Kier molecular flexibility index (Phi) is 2.34. The maximum absolute atomic E-state index is 6.11. The summed E-state index contributed by atoms with van der Waals surface area (Å²) in [6, 6.07) is 9.23. The zero-order valence-corrected chi connectivity index (χ0v) is 9.08. The van der Waals surface area contributed by atoms with Crippen molar-refractivity contribution in [1.29, 1.82) is 0 Å². The van der Waals surface area contributed by atoms with E-state index in [9.17, 15) is 0 Å². The number of furan rings is 1. The van der Waals surface area contributed by atoms with Gasteiger partial charge in [-0.25, -0.2) is 0 Å². The van der Waals surface area contributed by atoms with Crippen LogP contribution in [0.1, 0.15) is 17.4 Å². The van der Waals surface area contributed by atoms with E-state index in [2.05, 4.69) is 9.97 Å². The first-order chi connectivity index (χ1) is 8.34. The van der Waals surface area contributed by atoms with Crippen LogP contribution in [0.15, 0.2) is 53.4 Å². The second kappa shape index (κ2) is 3.99. The van der Waals surface area contributed by atoms with Gasteiger partial charge in [-0.15, -0.1) is 0 Å². The SMILES string of the molecule is NC(c1ccc2nccnc2c1)c1ccco1. The summed E-state index contributed by atoms with van der Waals surface area (Å²) >= 11 is 0. The molecule has 3 aromatic rings. The fraction of sp³-hybridized carbons (Fsp3) is 0.0769. The topological polar surface area (TPSA) is 64.9 Å². The van der Waals surface area contributed by atoms with Gasteiger partial charge in [0, 0.05) is 12.4 Å². The minimum Gasteiger partial charge on any atom is -0.467 e. The second-order valence-electron chi connectivity index (χ2n) is 3.80. The van der Waals surface area contributed by atoms with Gasteiger partial charge in [-0.3, -0.25) is 9.97 Å². The lowest BCUT2D eigenvalue weighted by Crippen LogP contribution is -2.10. The zero-order valence-electron chi connectivity index (χ0n) is 9.08. The van der Waals surface area contributed by atoms with Crippen LogP contribution in [0.25, 0.3) is 11.0 Å². The highest BCUT2D eigenvalue weighted by atomic mass is 16.3. The van der Waals surface area contributed by atoms with Crippen molar-refractivity contribution in [2.24, 2.45) is 5.73 Å². The lowest BCUT2D eigenvalue weighted by molar-refractivity contribution is 0.490. The smallest absolute Gasteiger partial charge is 0.124 e. The van der Waals surface area contributed by atoms with Crippen LogP contribution in [0.5, 0.6) is 0 Å². The van der Waals surface area contributed by atoms with E-state index < -0.39 is 0 Å². The maximum Gasteiger partial charge on any atom is 0.124 e. The molecule has 0 saturated heterocycles. The summed E-state index contributed by atoms with van der Waals surface area (Å²) in [7, 11) is 0. The molecule has 0 aliphatic rings. The van der Waals surface area contributed by atoms with Gasteiger partial charge in [0.25, 0.3) is 0 Å². The number of hydrogen-bond donors (Lipinski definition) is 1. The van der Waals surface area contributed by atoms with E-state index in [1.807, 2.05) is 30.3 Å². The Bertz CT molecular complexity index is 634. The fourth-order valence-corrected chi connectivity index (χ4v) is 1.81. The molecule has 3 rings (SSSR count). The van der Waals surface area contributed by atoms with Crippen LogP contribution < -0.4 is 5.73 Å². The van der Waals surface area contributed by atoms with E-state index in [4.69, 9.17) is 10.2 Å². The van der Waals surface area contributed by atoms with E-state index in [1.54, 1.807) is 18.7 Å². The molecule has 4 nitrogen and oxygen atoms in total. The van der Waals surface area contributed by atoms with Crippen LogP contribution in [0.4, 0.5) is 0 Å². The minimum absolute atomic E-state index is 0.267. The molecule has 0 spiro atoms. The average molecular weight is 225 g/mol. The maximum atomic E-state index is 6.11. The average Bonchev–Trinajstić information content (AvgIpc) is 2.91. The molecule has 0 fully saturated rings. The predicted octanol–water partition coefficient (Wildman–Crippen LogP) is 2.27. The normalized spacial score (nSPS) is 12.8. The van der Waals surface area contributed by atoms with E-state index in [1.165, 1.54) is 0 Å². The van der Waals surface area contributed by atoms with Crippen molar-refractivity contribution in [2.75, 3.05) is 0 Å². The predicted molar refractivity (Wildman–Crippen MR) is 64.3 cm³/mol. The second-order valence-corrected chi connectivity index (χ2v) is 3.80. The summed E-state index contributed by atoms with van der Waals surface area (Å²) in [4.78, 5) is 8.47. The van der Waals surface area contributed by atoms with Gasteiger partial charge in [-0.05, 0) is 29.8 Å². The van der Waals surface area contributed by atoms with E-state index in [0.29, 0.717) is 0 Å². The highest BCUT2D eigenvalue weighted by Gasteiger charge is 2.12. The van der Waals surface area contributed by atoms with E-state index in [-0.39, 0.29) is 6.04 Å². The summed E-state index contributed by atoms with van der Waals surface area (Å²) in [5, 5.41) is 0. The highest BCUT2D eigenvalue weighted by Crippen LogP contribution is 2.22. The molecule has 4 heteroatoms. The molecule has 2 aromatic heterocycles. The van der Waals surface area contributed by atoms with Gasteiger partial charge in [0.2, 0.25) is 0 Å². The first-order valence-corrected chi connectivity index (χ1v) is 5.34. The van der Waals surface area contributed by atoms with Crippen molar-refractivity contribution in [2.45, 2.75) is 6.04 Å². The molecular weight excluding hydrogens is 214 g/mol. The van der Waals surface area contributed by atoms with Crippen LogP contribution in [0.3, 0.4) is 0 Å². The molecular formula is C13H11N3O. The van der Waals surface area contributed by atoms with Crippen LogP contribution in [-0.2, 0) is 0 Å². The van der Waals surface area contributed by atoms with Crippen LogP contribution in [0, 0.1) is 0 Å². The van der Waals surface area contributed by atoms with E-state index >= 15 is 0 Å². The Morgan fingerprint density at radius 1 is 1.06 bits per heavy atom. The summed E-state index contributed by atoms with van der Waals surface area (Å²) in [6.07, 6.45) is 4.97. The molecule has 0 aliphatic heterocycles. The minimum atomic E-state index is -0.267. The highest BCUT2D eigenvalue weighted by molar-refractivity contribution is 5.74. The Labute approximate surface area is 98.1 Å². The molecule has 1 unspecified atom stereocenters. The number of benzene rings is 1. The molecule has 84 valence electrons. The van der Waals surface area contributed by atoms with Crippen molar-refractivity contribution in [3.8, 4) is 0 Å². The molecule has 2 N–H and O–H groups in total. The zero-order chi connectivity index (χ0) is 11.7. The fourth-order valence-electron chi connectivity index (χ4n) is 1.81. The van der Waals surface area contributed by atoms with Crippen molar-refractivity contribution in [3.63, 3.8) is 0 Å². The lowest BCUT2D eigenvalue weighted by atomic mass is 10.0. The third-order valence-corrected chi connectivity index (χ3v) is 2.70. The van der Waals surface area contributed by atoms with Crippen molar-refractivity contribution in [3.05, 3.63) is 60.3 Å². The Morgan fingerprint density at radius 2 is 1.88 bits per heavy atom. The number of hydrogen-bond acceptors (Lipinski definition) is 4. The molecule has 0 aliphatic carbocycles. The Balaban J connectivity index is 2.06. The number of nitrogens with two attached hydrogens (primary N) is 1. The Morgan fingerprint density at radius 3 is 2.65 bits per heavy atom. The molecule has 0 saturated carbocycles. The van der Waals surface area contributed by atoms with E-state index in [0.717, 1.165) is 22.4 Å². The number of nitrogens with zero attached hydrogens (tertiary/aromatic N) is 2. The molecule has 2 heterocycles. The van der Waals surface area contributed by atoms with Gasteiger partial charge >= 0.3 is 0 Å². The van der Waals surface area contributed by atoms with Gasteiger partial charge in [-0.2, -0.15) is 0 Å². The number of fused-ring (bicyclic) bond motifs is 1. The summed E-state index contributed by atoms with van der Waals surface area (Å²) in [6.45, 7) is 0. The Hall–Kier alpha value is -2.20. The summed E-state index contributed by atoms with van der Waals surface area (Å²) in [5.74, 6) is 0.744. The number of rotatable bonds is 2. The van der Waals surface area contributed by atoms with Crippen LogP contribution >= 0.6 is 0 Å². The van der Waals surface area contributed by atoms with Crippen molar-refractivity contribution < 1.29 is 4.42 Å². The van der Waals surface area contributed by atoms with Crippen molar-refractivity contribution in [1.82, 2.24) is 9.97 Å². The van der Waals surface area contributed by atoms with Gasteiger partial charge in [0.05, 0.1) is 23.3 Å². The van der Waals surface area contributed by atoms with Crippen molar-refractivity contribution >= 4 is 11.0 Å². The monoisotopic (exact) mass is 225 g/mol. The van der Waals surface area contributed by atoms with Gasteiger partial charge in [0.15, 0.2) is 0 Å². The summed E-state index contributed by atoms with van der Waals surface area (Å²) in [5.41, 5.74) is 8.78. The van der Waals surface area contributed by atoms with Crippen LogP contribution in [0.2, 0.25) is 0 Å². The first kappa shape index (κ1) is 9.99. The van der Waals surface area contributed by atoms with Gasteiger partial charge in [-0.1, -0.05) is 6.07 Å². The number of aromatic nitrogens is 2. The molecule has 0 amide bonds. The quantitative estimate of drug-likeness (QED) is 0.726. The van der Waals surface area contributed by atoms with Gasteiger partial charge in [0.1, 0.15) is 5.76 Å². The molecule has 0 bridgehead atoms. The third-order valence-electron chi connectivity index (χ3n) is 2.70. The molecule has 1 atom stereocenters. The molecule has 17 heavy (non-hydrogen) atoms.